The van der Waals surface area contributed by atoms with Crippen molar-refractivity contribution < 1.29 is 8.42 Å². The third kappa shape index (κ3) is 2.60. The van der Waals surface area contributed by atoms with Crippen molar-refractivity contribution >= 4 is 21.4 Å². The molecule has 0 aliphatic carbocycles. The first-order chi connectivity index (χ1) is 8.40. The fourth-order valence-corrected chi connectivity index (χ4v) is 3.82. The van der Waals surface area contributed by atoms with Gasteiger partial charge in [0.2, 0.25) is 0 Å². The summed E-state index contributed by atoms with van der Waals surface area (Å²) in [5.41, 5.74) is 0.859. The molecule has 0 radical (unpaired) electrons. The number of nitrogens with one attached hydrogen (secondary N) is 2. The van der Waals surface area contributed by atoms with E-state index in [0.717, 1.165) is 15.6 Å². The molecule has 0 saturated carbocycles. The molecule has 0 fully saturated rings. The third-order valence-corrected chi connectivity index (χ3v) is 5.16. The zero-order chi connectivity index (χ0) is 13.3. The van der Waals surface area contributed by atoms with Gasteiger partial charge in [-0.1, -0.05) is 0 Å². The number of sulfonamides is 1. The smallest absolute Gasteiger partial charge is 0.258 e. The van der Waals surface area contributed by atoms with E-state index < -0.39 is 10.0 Å². The van der Waals surface area contributed by atoms with E-state index in [4.69, 9.17) is 0 Å². The summed E-state index contributed by atoms with van der Waals surface area (Å²) < 4.78 is 26.6. The van der Waals surface area contributed by atoms with E-state index in [1.807, 2.05) is 13.8 Å². The Hall–Kier alpha value is -1.25. The minimum absolute atomic E-state index is 0.0632. The van der Waals surface area contributed by atoms with Crippen LogP contribution in [0.5, 0.6) is 0 Å². The lowest BCUT2D eigenvalue weighted by atomic mass is 10.2. The quantitative estimate of drug-likeness (QED) is 0.892. The summed E-state index contributed by atoms with van der Waals surface area (Å²) in [5.74, 6) is 0. The predicted molar refractivity (Wildman–Crippen MR) is 68.9 cm³/mol. The second-order valence-electron chi connectivity index (χ2n) is 3.95. The van der Waals surface area contributed by atoms with Crippen LogP contribution in [-0.2, 0) is 10.0 Å². The fourth-order valence-electron chi connectivity index (χ4n) is 1.69. The molecule has 0 spiro atoms. The van der Waals surface area contributed by atoms with Crippen molar-refractivity contribution in [3.8, 4) is 0 Å². The van der Waals surface area contributed by atoms with Crippen LogP contribution in [0, 0.1) is 13.8 Å². The van der Waals surface area contributed by atoms with Gasteiger partial charge in [-0.2, -0.15) is 5.10 Å². The van der Waals surface area contributed by atoms with Crippen LogP contribution in [0.4, 0.5) is 0 Å². The van der Waals surface area contributed by atoms with Gasteiger partial charge >= 0.3 is 0 Å². The van der Waals surface area contributed by atoms with Crippen LogP contribution in [0.1, 0.15) is 28.5 Å². The van der Waals surface area contributed by atoms with Gasteiger partial charge in [-0.05, 0) is 26.8 Å². The molecule has 8 heteroatoms. The van der Waals surface area contributed by atoms with Crippen molar-refractivity contribution in [3.05, 3.63) is 27.8 Å². The molecular weight excluding hydrogens is 272 g/mol. The Morgan fingerprint density at radius 2 is 2.17 bits per heavy atom. The molecule has 2 N–H and O–H groups in total. The molecule has 18 heavy (non-hydrogen) atoms. The minimum atomic E-state index is -3.56. The van der Waals surface area contributed by atoms with Gasteiger partial charge in [0, 0.05) is 4.88 Å². The highest BCUT2D eigenvalue weighted by Crippen LogP contribution is 2.25. The van der Waals surface area contributed by atoms with Gasteiger partial charge in [0.25, 0.3) is 10.0 Å². The van der Waals surface area contributed by atoms with Gasteiger partial charge in [-0.3, -0.25) is 5.10 Å². The van der Waals surface area contributed by atoms with Gasteiger partial charge in [-0.15, -0.1) is 11.3 Å². The summed E-state index contributed by atoms with van der Waals surface area (Å²) >= 11 is 1.50. The topological polar surface area (TPSA) is 87.7 Å². The van der Waals surface area contributed by atoms with Crippen LogP contribution in [0.3, 0.4) is 0 Å². The van der Waals surface area contributed by atoms with Crippen LogP contribution in [-0.4, -0.2) is 23.6 Å². The van der Waals surface area contributed by atoms with E-state index in [1.165, 1.54) is 23.6 Å². The van der Waals surface area contributed by atoms with E-state index >= 15 is 0 Å². The molecule has 0 amide bonds. The van der Waals surface area contributed by atoms with E-state index in [0.29, 0.717) is 0 Å². The summed E-state index contributed by atoms with van der Waals surface area (Å²) in [6.07, 6.45) is 1.40. The van der Waals surface area contributed by atoms with Crippen molar-refractivity contribution in [2.75, 3.05) is 0 Å². The van der Waals surface area contributed by atoms with E-state index in [1.54, 1.807) is 6.92 Å². The third-order valence-electron chi connectivity index (χ3n) is 2.43. The number of hydrogen-bond acceptors (Lipinski definition) is 5. The summed E-state index contributed by atoms with van der Waals surface area (Å²) in [7, 11) is -3.56. The first-order valence-electron chi connectivity index (χ1n) is 5.36. The second-order valence-corrected chi connectivity index (χ2v) is 6.86. The maximum atomic E-state index is 12.0. The second kappa shape index (κ2) is 4.79. The molecule has 2 heterocycles. The van der Waals surface area contributed by atoms with Gasteiger partial charge in [0.05, 0.1) is 22.9 Å². The van der Waals surface area contributed by atoms with Gasteiger partial charge in [-0.25, -0.2) is 18.1 Å². The van der Waals surface area contributed by atoms with Gasteiger partial charge < -0.3 is 0 Å². The number of hydrogen-bond donors (Lipinski definition) is 2. The molecule has 2 aromatic rings. The van der Waals surface area contributed by atoms with Gasteiger partial charge in [0.15, 0.2) is 5.03 Å². The average Bonchev–Trinajstić information content (AvgIpc) is 2.86. The summed E-state index contributed by atoms with van der Waals surface area (Å²) in [6.45, 7) is 5.57. The molecule has 1 atom stereocenters. The number of rotatable bonds is 4. The maximum absolute atomic E-state index is 12.0. The lowest BCUT2D eigenvalue weighted by Gasteiger charge is -2.12. The lowest BCUT2D eigenvalue weighted by Crippen LogP contribution is -2.27. The Morgan fingerprint density at radius 1 is 1.44 bits per heavy atom. The molecule has 0 aliphatic heterocycles. The molecule has 0 aromatic carbocycles. The molecule has 0 saturated heterocycles. The first-order valence-corrected chi connectivity index (χ1v) is 7.66. The molecule has 1 unspecified atom stereocenters. The van der Waals surface area contributed by atoms with E-state index in [9.17, 15) is 8.42 Å². The number of aryl methyl sites for hydroxylation is 2. The molecular formula is C10H14N4O2S2. The Kier molecular flexibility index (Phi) is 3.51. The van der Waals surface area contributed by atoms with E-state index in [2.05, 4.69) is 19.9 Å². The Balaban J connectivity index is 2.22. The number of thiazole rings is 1. The van der Waals surface area contributed by atoms with Crippen molar-refractivity contribution in [3.63, 3.8) is 0 Å². The van der Waals surface area contributed by atoms with Crippen LogP contribution in [0.15, 0.2) is 17.3 Å². The predicted octanol–water partition coefficient (Wildman–Crippen LogP) is 1.52. The largest absolute Gasteiger partial charge is 0.266 e. The van der Waals surface area contributed by atoms with Crippen LogP contribution >= 0.6 is 11.3 Å². The molecule has 0 aliphatic rings. The number of aromatic nitrogens is 3. The molecule has 2 rings (SSSR count). The maximum Gasteiger partial charge on any atom is 0.258 e. The van der Waals surface area contributed by atoms with Crippen molar-refractivity contribution in [1.29, 1.82) is 0 Å². The van der Waals surface area contributed by atoms with Crippen LogP contribution in [0.25, 0.3) is 0 Å². The van der Waals surface area contributed by atoms with Gasteiger partial charge in [0.1, 0.15) is 0 Å². The monoisotopic (exact) mass is 286 g/mol. The highest BCUT2D eigenvalue weighted by Gasteiger charge is 2.22. The standard InChI is InChI=1S/C10H14N4O2S2/c1-6-10(17-8(3)12-6)7(2)14-18(15,16)9-4-5-11-13-9/h4-5,7,14H,1-3H3,(H,11,13). The van der Waals surface area contributed by atoms with Crippen molar-refractivity contribution in [2.24, 2.45) is 0 Å². The first kappa shape index (κ1) is 13.2. The van der Waals surface area contributed by atoms with Crippen LogP contribution in [0.2, 0.25) is 0 Å². The summed E-state index contributed by atoms with van der Waals surface area (Å²) in [4.78, 5) is 5.21. The number of aromatic amines is 1. The molecule has 98 valence electrons. The zero-order valence-corrected chi connectivity index (χ0v) is 11.9. The lowest BCUT2D eigenvalue weighted by molar-refractivity contribution is 0.563. The number of nitrogens with zero attached hydrogens (tertiary/aromatic N) is 2. The molecule has 6 nitrogen and oxygen atoms in total. The normalized spacial score (nSPS) is 13.7. The van der Waals surface area contributed by atoms with Crippen LogP contribution < -0.4 is 4.72 Å². The SMILES string of the molecule is Cc1nc(C)c(C(C)NS(=O)(=O)c2ccn[nH]2)s1. The number of H-pyrrole nitrogens is 1. The molecule has 0 bridgehead atoms. The van der Waals surface area contributed by atoms with Crippen molar-refractivity contribution in [1.82, 2.24) is 19.9 Å². The van der Waals surface area contributed by atoms with Crippen molar-refractivity contribution in [2.45, 2.75) is 31.8 Å². The Morgan fingerprint density at radius 3 is 2.67 bits per heavy atom. The minimum Gasteiger partial charge on any atom is -0.266 e. The summed E-state index contributed by atoms with van der Waals surface area (Å²) in [6, 6.07) is 1.10. The Bertz CT molecular complexity index is 631. The zero-order valence-electron chi connectivity index (χ0n) is 10.3. The summed E-state index contributed by atoms with van der Waals surface area (Å²) in [5, 5.41) is 7.07. The fraction of sp³-hybridized carbons (Fsp3) is 0.400. The van der Waals surface area contributed by atoms with E-state index in [-0.39, 0.29) is 11.1 Å². The Labute approximate surface area is 110 Å². The highest BCUT2D eigenvalue weighted by molar-refractivity contribution is 7.89. The average molecular weight is 286 g/mol. The highest BCUT2D eigenvalue weighted by atomic mass is 32.2. The molecule has 2 aromatic heterocycles.